The number of anilines is 2. The van der Waals surface area contributed by atoms with Gasteiger partial charge >= 0.3 is 0 Å². The first-order chi connectivity index (χ1) is 12.4. The lowest BCUT2D eigenvalue weighted by atomic mass is 10.1. The molecule has 0 saturated carbocycles. The van der Waals surface area contributed by atoms with Gasteiger partial charge in [0.15, 0.2) is 21.3 Å². The predicted octanol–water partition coefficient (Wildman–Crippen LogP) is 1.98. The summed E-state index contributed by atoms with van der Waals surface area (Å²) in [6, 6.07) is 12.7. The van der Waals surface area contributed by atoms with Crippen LogP contribution in [0.1, 0.15) is 12.0 Å². The number of carbonyl (C=O) groups excluding carboxylic acids is 1. The molecule has 0 radical (unpaired) electrons. The Bertz CT molecular complexity index is 897. The minimum absolute atomic E-state index is 0.0497. The van der Waals surface area contributed by atoms with Gasteiger partial charge in [0.2, 0.25) is 12.7 Å². The Kier molecular flexibility index (Phi) is 5.32. The third kappa shape index (κ3) is 4.66. The number of ether oxygens (including phenoxy) is 2. The van der Waals surface area contributed by atoms with E-state index >= 15 is 0 Å². The molecule has 1 aliphatic heterocycles. The van der Waals surface area contributed by atoms with Crippen LogP contribution in [0.5, 0.6) is 11.5 Å². The van der Waals surface area contributed by atoms with Crippen molar-refractivity contribution < 1.29 is 22.7 Å². The van der Waals surface area contributed by atoms with E-state index in [1.807, 2.05) is 30.3 Å². The fraction of sp³-hybridized carbons (Fsp3) is 0.278. The number of rotatable bonds is 7. The van der Waals surface area contributed by atoms with Crippen molar-refractivity contribution in [3.05, 3.63) is 48.0 Å². The van der Waals surface area contributed by atoms with E-state index in [1.54, 1.807) is 0 Å². The number of hydrogen-bond acceptors (Lipinski definition) is 6. The summed E-state index contributed by atoms with van der Waals surface area (Å²) >= 11 is 0. The lowest BCUT2D eigenvalue weighted by Gasteiger charge is -2.10. The van der Waals surface area contributed by atoms with Gasteiger partial charge in [-0.25, -0.2) is 8.42 Å². The van der Waals surface area contributed by atoms with Crippen molar-refractivity contribution in [2.45, 2.75) is 12.8 Å². The van der Waals surface area contributed by atoms with Crippen LogP contribution in [0.25, 0.3) is 0 Å². The maximum atomic E-state index is 12.2. The second kappa shape index (κ2) is 7.65. The normalized spacial score (nSPS) is 12.8. The fourth-order valence-corrected chi connectivity index (χ4v) is 3.87. The maximum Gasteiger partial charge on any atom is 0.239 e. The number of nitrogens with two attached hydrogens (primary N) is 1. The molecule has 0 aliphatic carbocycles. The van der Waals surface area contributed by atoms with Crippen molar-refractivity contribution >= 4 is 27.1 Å². The van der Waals surface area contributed by atoms with Crippen LogP contribution in [0.2, 0.25) is 0 Å². The van der Waals surface area contributed by atoms with E-state index in [0.717, 1.165) is 5.56 Å². The number of nitrogen functional groups attached to an aromatic ring is 1. The van der Waals surface area contributed by atoms with E-state index in [4.69, 9.17) is 15.2 Å². The molecule has 0 fully saturated rings. The standard InChI is InChI=1S/C18H20N2O5S/c19-14-9-16-17(25-12-24-16)10-15(14)20-18(21)11-26(22,23)8-4-7-13-5-2-1-3-6-13/h1-3,5-6,9-10H,4,7-8,11-12,19H2,(H,20,21). The zero-order valence-electron chi connectivity index (χ0n) is 14.1. The molecule has 0 atom stereocenters. The van der Waals surface area contributed by atoms with Crippen LogP contribution < -0.4 is 20.5 Å². The summed E-state index contributed by atoms with van der Waals surface area (Å²) in [7, 11) is -3.50. The first-order valence-electron chi connectivity index (χ1n) is 8.16. The number of carbonyl (C=O) groups is 1. The van der Waals surface area contributed by atoms with Gasteiger partial charge in [-0.05, 0) is 18.4 Å². The van der Waals surface area contributed by atoms with Crippen LogP contribution in [-0.4, -0.2) is 32.6 Å². The number of benzene rings is 2. The van der Waals surface area contributed by atoms with Gasteiger partial charge in [0.25, 0.3) is 0 Å². The fourth-order valence-electron chi connectivity index (χ4n) is 2.67. The number of amides is 1. The zero-order chi connectivity index (χ0) is 18.6. The average molecular weight is 376 g/mol. The smallest absolute Gasteiger partial charge is 0.239 e. The van der Waals surface area contributed by atoms with E-state index < -0.39 is 21.5 Å². The number of aryl methyl sites for hydroxylation is 1. The van der Waals surface area contributed by atoms with Gasteiger partial charge in [0, 0.05) is 12.1 Å². The highest BCUT2D eigenvalue weighted by molar-refractivity contribution is 7.92. The highest BCUT2D eigenvalue weighted by atomic mass is 32.2. The molecule has 0 unspecified atom stereocenters. The molecular weight excluding hydrogens is 356 g/mol. The Morgan fingerprint density at radius 1 is 1.12 bits per heavy atom. The molecule has 7 nitrogen and oxygen atoms in total. The average Bonchev–Trinajstić information content (AvgIpc) is 3.02. The van der Waals surface area contributed by atoms with Gasteiger partial charge in [0.05, 0.1) is 17.1 Å². The molecule has 26 heavy (non-hydrogen) atoms. The molecule has 1 amide bonds. The number of fused-ring (bicyclic) bond motifs is 1. The highest BCUT2D eigenvalue weighted by Gasteiger charge is 2.20. The van der Waals surface area contributed by atoms with Crippen molar-refractivity contribution in [2.24, 2.45) is 0 Å². The van der Waals surface area contributed by atoms with Crippen LogP contribution in [0.15, 0.2) is 42.5 Å². The Labute approximate surface area is 152 Å². The number of sulfone groups is 1. The first-order valence-corrected chi connectivity index (χ1v) is 9.98. The molecule has 3 N–H and O–H groups in total. The highest BCUT2D eigenvalue weighted by Crippen LogP contribution is 2.38. The molecular formula is C18H20N2O5S. The molecule has 8 heteroatoms. The quantitative estimate of drug-likeness (QED) is 0.716. The van der Waals surface area contributed by atoms with Crippen LogP contribution in [0.4, 0.5) is 11.4 Å². The molecule has 0 saturated heterocycles. The third-order valence-electron chi connectivity index (χ3n) is 3.93. The minimum Gasteiger partial charge on any atom is -0.454 e. The van der Waals surface area contributed by atoms with E-state index in [0.29, 0.717) is 30.0 Å². The second-order valence-corrected chi connectivity index (χ2v) is 8.21. The SMILES string of the molecule is Nc1cc2c(cc1NC(=O)CS(=O)(=O)CCCc1ccccc1)OCO2. The Morgan fingerprint density at radius 2 is 1.81 bits per heavy atom. The monoisotopic (exact) mass is 376 g/mol. The third-order valence-corrected chi connectivity index (χ3v) is 5.55. The van der Waals surface area contributed by atoms with Crippen LogP contribution in [-0.2, 0) is 21.1 Å². The van der Waals surface area contributed by atoms with Gasteiger partial charge < -0.3 is 20.5 Å². The molecule has 3 rings (SSSR count). The maximum absolute atomic E-state index is 12.2. The van der Waals surface area contributed by atoms with Crippen molar-refractivity contribution in [1.82, 2.24) is 0 Å². The van der Waals surface area contributed by atoms with Gasteiger partial charge in [-0.1, -0.05) is 30.3 Å². The van der Waals surface area contributed by atoms with E-state index in [2.05, 4.69) is 5.32 Å². The second-order valence-electron chi connectivity index (χ2n) is 6.02. The van der Waals surface area contributed by atoms with Crippen LogP contribution in [0, 0.1) is 0 Å². The molecule has 0 aromatic heterocycles. The Morgan fingerprint density at radius 3 is 2.54 bits per heavy atom. The molecule has 2 aromatic carbocycles. The summed E-state index contributed by atoms with van der Waals surface area (Å²) < 4.78 is 34.7. The summed E-state index contributed by atoms with van der Waals surface area (Å²) in [5, 5.41) is 2.53. The number of hydrogen-bond donors (Lipinski definition) is 2. The molecule has 0 bridgehead atoms. The predicted molar refractivity (Wildman–Crippen MR) is 99.0 cm³/mol. The molecule has 1 heterocycles. The minimum atomic E-state index is -3.50. The Balaban J connectivity index is 1.54. The van der Waals surface area contributed by atoms with Gasteiger partial charge in [-0.2, -0.15) is 0 Å². The van der Waals surface area contributed by atoms with Crippen molar-refractivity contribution in [2.75, 3.05) is 29.3 Å². The Hall–Kier alpha value is -2.74. The van der Waals surface area contributed by atoms with Gasteiger partial charge in [0.1, 0.15) is 5.75 Å². The molecule has 0 spiro atoms. The van der Waals surface area contributed by atoms with Crippen LogP contribution in [0.3, 0.4) is 0 Å². The van der Waals surface area contributed by atoms with Crippen LogP contribution >= 0.6 is 0 Å². The zero-order valence-corrected chi connectivity index (χ0v) is 14.9. The molecule has 138 valence electrons. The summed E-state index contributed by atoms with van der Waals surface area (Å²) in [6.45, 7) is 0.0853. The van der Waals surface area contributed by atoms with Gasteiger partial charge in [-0.15, -0.1) is 0 Å². The van der Waals surface area contributed by atoms with E-state index in [9.17, 15) is 13.2 Å². The topological polar surface area (TPSA) is 108 Å². The van der Waals surface area contributed by atoms with Crippen molar-refractivity contribution in [1.29, 1.82) is 0 Å². The lowest BCUT2D eigenvalue weighted by molar-refractivity contribution is -0.113. The summed E-state index contributed by atoms with van der Waals surface area (Å²) in [4.78, 5) is 12.1. The van der Waals surface area contributed by atoms with E-state index in [-0.39, 0.29) is 18.2 Å². The van der Waals surface area contributed by atoms with Crippen molar-refractivity contribution in [3.8, 4) is 11.5 Å². The molecule has 2 aromatic rings. The first kappa shape index (κ1) is 18.1. The summed E-state index contributed by atoms with van der Waals surface area (Å²) in [6.07, 6.45) is 1.11. The lowest BCUT2D eigenvalue weighted by Crippen LogP contribution is -2.25. The largest absolute Gasteiger partial charge is 0.454 e. The van der Waals surface area contributed by atoms with Crippen molar-refractivity contribution in [3.63, 3.8) is 0 Å². The number of nitrogens with one attached hydrogen (secondary N) is 1. The summed E-state index contributed by atoms with van der Waals surface area (Å²) in [5.74, 6) is -0.314. The summed E-state index contributed by atoms with van der Waals surface area (Å²) in [5.41, 5.74) is 7.51. The van der Waals surface area contributed by atoms with E-state index in [1.165, 1.54) is 12.1 Å². The molecule has 1 aliphatic rings. The van der Waals surface area contributed by atoms with Gasteiger partial charge in [-0.3, -0.25) is 4.79 Å².